The lowest BCUT2D eigenvalue weighted by Gasteiger charge is -1.87. The molecule has 2 nitrogen and oxygen atoms in total. The fourth-order valence-electron chi connectivity index (χ4n) is 0.0909. The molecular weight excluding hydrogens is 90.1 g/mol. The standard InChI is InChI=1S/C5H7NO/c1-4(3-6)5(2)7/h4H,1-2H3/t4-/m0/s1. The Bertz CT molecular complexity index is 112. The molecule has 0 bridgehead atoms. The molecule has 0 saturated heterocycles. The number of nitrogens with zero attached hydrogens (tertiary/aromatic N) is 1. The molecule has 0 aromatic rings. The maximum atomic E-state index is 10.2. The van der Waals surface area contributed by atoms with Crippen LogP contribution < -0.4 is 0 Å². The summed E-state index contributed by atoms with van der Waals surface area (Å²) in [5.74, 6) is -0.498. The summed E-state index contributed by atoms with van der Waals surface area (Å²) in [7, 11) is 0. The predicted octanol–water partition coefficient (Wildman–Crippen LogP) is 0.735. The second kappa shape index (κ2) is 2.35. The zero-order valence-electron chi connectivity index (χ0n) is 4.43. The molecule has 0 spiro atoms. The van der Waals surface area contributed by atoms with Crippen molar-refractivity contribution in [3.63, 3.8) is 0 Å². The molecular formula is C5H7NO. The van der Waals surface area contributed by atoms with Crippen LogP contribution in [0.2, 0.25) is 0 Å². The predicted molar refractivity (Wildman–Crippen MR) is 25.5 cm³/mol. The van der Waals surface area contributed by atoms with E-state index in [2.05, 4.69) is 0 Å². The molecule has 0 saturated carbocycles. The summed E-state index contributed by atoms with van der Waals surface area (Å²) < 4.78 is 0. The average Bonchev–Trinajstić information content (AvgIpc) is 1.65. The third-order valence-electron chi connectivity index (χ3n) is 0.803. The van der Waals surface area contributed by atoms with Gasteiger partial charge < -0.3 is 0 Å². The Morgan fingerprint density at radius 2 is 2.29 bits per heavy atom. The van der Waals surface area contributed by atoms with Gasteiger partial charge >= 0.3 is 0 Å². The number of ketones is 1. The van der Waals surface area contributed by atoms with Gasteiger partial charge in [-0.25, -0.2) is 0 Å². The van der Waals surface area contributed by atoms with Crippen LogP contribution in [0.4, 0.5) is 0 Å². The molecule has 0 aliphatic carbocycles. The summed E-state index contributed by atoms with van der Waals surface area (Å²) in [5, 5.41) is 8.03. The number of carbonyl (C=O) groups is 1. The molecule has 0 radical (unpaired) electrons. The molecule has 0 heterocycles. The fraction of sp³-hybridized carbons (Fsp3) is 0.600. The fourth-order valence-corrected chi connectivity index (χ4v) is 0.0909. The van der Waals surface area contributed by atoms with Crippen LogP contribution in [0.25, 0.3) is 0 Å². The lowest BCUT2D eigenvalue weighted by Crippen LogP contribution is -2.01. The molecule has 0 N–H and O–H groups in total. The Balaban J connectivity index is 3.63. The van der Waals surface area contributed by atoms with Crippen LogP contribution in [0.5, 0.6) is 0 Å². The van der Waals surface area contributed by atoms with E-state index in [9.17, 15) is 4.79 Å². The largest absolute Gasteiger partial charge is 0.299 e. The molecule has 7 heavy (non-hydrogen) atoms. The summed E-state index contributed by atoms with van der Waals surface area (Å²) in [6, 6.07) is 1.81. The summed E-state index contributed by atoms with van der Waals surface area (Å²) >= 11 is 0. The molecule has 0 amide bonds. The maximum Gasteiger partial charge on any atom is 0.146 e. The third-order valence-corrected chi connectivity index (χ3v) is 0.803. The van der Waals surface area contributed by atoms with Crippen LogP contribution in [0.3, 0.4) is 0 Å². The minimum absolute atomic E-state index is 0.0671. The summed E-state index contributed by atoms with van der Waals surface area (Å²) in [6.45, 7) is 3.00. The van der Waals surface area contributed by atoms with Crippen LogP contribution in [0.1, 0.15) is 13.8 Å². The quantitative estimate of drug-likeness (QED) is 0.484. The van der Waals surface area contributed by atoms with E-state index < -0.39 is 5.92 Å². The summed E-state index contributed by atoms with van der Waals surface area (Å²) in [6.07, 6.45) is 0. The Kier molecular flexibility index (Phi) is 2.07. The smallest absolute Gasteiger partial charge is 0.146 e. The average molecular weight is 97.1 g/mol. The summed E-state index contributed by atoms with van der Waals surface area (Å²) in [4.78, 5) is 10.2. The number of Topliss-reactive ketones (excluding diaryl/α,β-unsaturated/α-hetero) is 1. The Morgan fingerprint density at radius 1 is 1.86 bits per heavy atom. The third kappa shape index (κ3) is 1.94. The normalized spacial score (nSPS) is 12.1. The highest BCUT2D eigenvalue weighted by atomic mass is 16.1. The van der Waals surface area contributed by atoms with Crippen molar-refractivity contribution in [3.8, 4) is 6.07 Å². The molecule has 0 aliphatic heterocycles. The van der Waals surface area contributed by atoms with Gasteiger partial charge in [-0.3, -0.25) is 4.79 Å². The second-order valence-corrected chi connectivity index (χ2v) is 1.46. The van der Waals surface area contributed by atoms with Crippen molar-refractivity contribution in [2.75, 3.05) is 0 Å². The molecule has 2 heteroatoms. The zero-order chi connectivity index (χ0) is 5.86. The first-order chi connectivity index (χ1) is 3.18. The van der Waals surface area contributed by atoms with Crippen molar-refractivity contribution in [1.82, 2.24) is 0 Å². The number of hydrogen-bond acceptors (Lipinski definition) is 2. The van der Waals surface area contributed by atoms with Gasteiger partial charge in [0.15, 0.2) is 0 Å². The van der Waals surface area contributed by atoms with Gasteiger partial charge in [-0.05, 0) is 13.8 Å². The van der Waals surface area contributed by atoms with Gasteiger partial charge in [0.1, 0.15) is 11.7 Å². The first kappa shape index (κ1) is 6.16. The molecule has 38 valence electrons. The first-order valence-electron chi connectivity index (χ1n) is 2.08. The molecule has 0 aliphatic rings. The molecule has 0 fully saturated rings. The van der Waals surface area contributed by atoms with E-state index in [-0.39, 0.29) is 5.78 Å². The van der Waals surface area contributed by atoms with Crippen molar-refractivity contribution >= 4 is 5.78 Å². The molecule has 0 aromatic heterocycles. The number of rotatable bonds is 1. The Labute approximate surface area is 42.8 Å². The van der Waals surface area contributed by atoms with Crippen molar-refractivity contribution < 1.29 is 4.79 Å². The first-order valence-corrected chi connectivity index (χ1v) is 2.08. The van der Waals surface area contributed by atoms with Gasteiger partial charge in [0.25, 0.3) is 0 Å². The van der Waals surface area contributed by atoms with Gasteiger partial charge in [0.05, 0.1) is 6.07 Å². The van der Waals surface area contributed by atoms with Crippen LogP contribution in [-0.4, -0.2) is 5.78 Å². The van der Waals surface area contributed by atoms with Gasteiger partial charge in [-0.15, -0.1) is 0 Å². The number of nitriles is 1. The van der Waals surface area contributed by atoms with Gasteiger partial charge in [0.2, 0.25) is 0 Å². The van der Waals surface area contributed by atoms with Crippen LogP contribution >= 0.6 is 0 Å². The minimum Gasteiger partial charge on any atom is -0.299 e. The maximum absolute atomic E-state index is 10.2. The van der Waals surface area contributed by atoms with Crippen LogP contribution in [0.15, 0.2) is 0 Å². The van der Waals surface area contributed by atoms with Crippen molar-refractivity contribution in [2.45, 2.75) is 13.8 Å². The highest BCUT2D eigenvalue weighted by Gasteiger charge is 2.02. The summed E-state index contributed by atoms with van der Waals surface area (Å²) in [5.41, 5.74) is 0. The molecule has 0 unspecified atom stereocenters. The molecule has 0 aromatic carbocycles. The zero-order valence-corrected chi connectivity index (χ0v) is 4.43. The van der Waals surface area contributed by atoms with E-state index in [0.717, 1.165) is 0 Å². The highest BCUT2D eigenvalue weighted by molar-refractivity contribution is 5.80. The number of carbonyl (C=O) groups excluding carboxylic acids is 1. The Morgan fingerprint density at radius 3 is 2.29 bits per heavy atom. The van der Waals surface area contributed by atoms with Gasteiger partial charge in [-0.2, -0.15) is 5.26 Å². The lowest BCUT2D eigenvalue weighted by atomic mass is 10.1. The highest BCUT2D eigenvalue weighted by Crippen LogP contribution is 1.90. The van der Waals surface area contributed by atoms with Crippen LogP contribution in [-0.2, 0) is 4.79 Å². The van der Waals surface area contributed by atoms with E-state index in [1.54, 1.807) is 6.92 Å². The minimum atomic E-state index is -0.431. The molecule has 1 atom stereocenters. The van der Waals surface area contributed by atoms with E-state index in [1.807, 2.05) is 6.07 Å². The van der Waals surface area contributed by atoms with Crippen molar-refractivity contribution in [2.24, 2.45) is 5.92 Å². The van der Waals surface area contributed by atoms with E-state index in [4.69, 9.17) is 5.26 Å². The monoisotopic (exact) mass is 97.1 g/mol. The molecule has 0 rings (SSSR count). The topological polar surface area (TPSA) is 40.9 Å². The van der Waals surface area contributed by atoms with Crippen LogP contribution in [0, 0.1) is 17.2 Å². The van der Waals surface area contributed by atoms with E-state index in [0.29, 0.717) is 0 Å². The lowest BCUT2D eigenvalue weighted by molar-refractivity contribution is -0.118. The number of hydrogen-bond donors (Lipinski definition) is 0. The van der Waals surface area contributed by atoms with Gasteiger partial charge in [-0.1, -0.05) is 0 Å². The van der Waals surface area contributed by atoms with E-state index >= 15 is 0 Å². The van der Waals surface area contributed by atoms with Crippen molar-refractivity contribution in [1.29, 1.82) is 5.26 Å². The Hall–Kier alpha value is -0.840. The van der Waals surface area contributed by atoms with E-state index in [1.165, 1.54) is 6.92 Å². The van der Waals surface area contributed by atoms with Gasteiger partial charge in [0, 0.05) is 0 Å². The SMILES string of the molecule is CC(=O)[C@@H](C)C#N. The van der Waals surface area contributed by atoms with Crippen molar-refractivity contribution in [3.05, 3.63) is 0 Å². The second-order valence-electron chi connectivity index (χ2n) is 1.46.